The van der Waals surface area contributed by atoms with Crippen molar-refractivity contribution in [2.75, 3.05) is 46.7 Å². The second kappa shape index (κ2) is 47.0. The summed E-state index contributed by atoms with van der Waals surface area (Å²) in [5.74, 6) is -1.08. The van der Waals surface area contributed by atoms with Crippen LogP contribution in [0.4, 0.5) is 4.79 Å². The third kappa shape index (κ3) is 29.2. The average molecular weight is 1130 g/mol. The molecule has 18 heteroatoms. The number of nitrogens with one attached hydrogen (secondary N) is 3. The molecule has 1 heterocycles. The quantitative estimate of drug-likeness (QED) is 0.0335. The molecule has 10 atom stereocenters. The topological polar surface area (TPSA) is 221 Å². The first kappa shape index (κ1) is 77.2. The second-order valence-corrected chi connectivity index (χ2v) is 19.5. The highest BCUT2D eigenvalue weighted by atomic mass is 79.9. The van der Waals surface area contributed by atoms with Gasteiger partial charge in [0, 0.05) is 52.7 Å². The van der Waals surface area contributed by atoms with Crippen molar-refractivity contribution in [3.8, 4) is 0 Å². The van der Waals surface area contributed by atoms with E-state index >= 15 is 0 Å². The monoisotopic (exact) mass is 1130 g/mol. The number of methoxy groups -OCH3 is 2. The Kier molecular flexibility index (Phi) is 48.4. The van der Waals surface area contributed by atoms with Crippen molar-refractivity contribution in [2.45, 2.75) is 204 Å². The van der Waals surface area contributed by atoms with Crippen LogP contribution in [0.2, 0.25) is 0 Å². The highest BCUT2D eigenvalue weighted by molar-refractivity contribution is 9.09. The summed E-state index contributed by atoms with van der Waals surface area (Å²) >= 11 is 3.13. The van der Waals surface area contributed by atoms with Crippen LogP contribution in [-0.4, -0.2) is 158 Å². The average Bonchev–Trinajstić information content (AvgIpc) is 3.90. The predicted molar refractivity (Wildman–Crippen MR) is 307 cm³/mol. The molecule has 1 saturated heterocycles. The van der Waals surface area contributed by atoms with Crippen LogP contribution in [0.15, 0.2) is 30.3 Å². The number of aldehydes is 1. The van der Waals surface area contributed by atoms with Crippen LogP contribution in [-0.2, 0) is 49.5 Å². The molecule has 4 N–H and O–H groups in total. The van der Waals surface area contributed by atoms with Crippen molar-refractivity contribution < 1.29 is 52.9 Å². The molecule has 6 amide bonds. The summed E-state index contributed by atoms with van der Waals surface area (Å²) in [6.45, 7) is 31.5. The number of halogens is 1. The minimum Gasteiger partial charge on any atom is -0.480 e. The Morgan fingerprint density at radius 1 is 0.867 bits per heavy atom. The van der Waals surface area contributed by atoms with E-state index in [1.165, 1.54) is 4.90 Å². The van der Waals surface area contributed by atoms with Gasteiger partial charge in [0.05, 0.1) is 29.6 Å². The van der Waals surface area contributed by atoms with Gasteiger partial charge in [-0.15, -0.1) is 0 Å². The number of carbonyl (C=O) groups excluding carboxylic acids is 7. The zero-order valence-electron chi connectivity index (χ0n) is 49.6. The van der Waals surface area contributed by atoms with Gasteiger partial charge in [-0.2, -0.15) is 0 Å². The van der Waals surface area contributed by atoms with Gasteiger partial charge in [0.15, 0.2) is 0 Å². The van der Waals surface area contributed by atoms with E-state index in [2.05, 4.69) is 66.5 Å². The highest BCUT2D eigenvalue weighted by Gasteiger charge is 2.39. The summed E-state index contributed by atoms with van der Waals surface area (Å²) in [5.41, 5.74) is 1.03. The smallest absolute Gasteiger partial charge is 0.325 e. The lowest BCUT2D eigenvalue weighted by Crippen LogP contribution is -2.60. The number of carboxylic acids is 1. The number of nitrogens with zero attached hydrogens (tertiary/aromatic N) is 3. The maximum atomic E-state index is 14.0. The molecule has 1 fully saturated rings. The summed E-state index contributed by atoms with van der Waals surface area (Å²) < 4.78 is 11.1. The van der Waals surface area contributed by atoms with Crippen LogP contribution >= 0.6 is 15.9 Å². The fourth-order valence-electron chi connectivity index (χ4n) is 8.79. The first-order valence-corrected chi connectivity index (χ1v) is 28.5. The van der Waals surface area contributed by atoms with Crippen molar-refractivity contribution in [1.82, 2.24) is 30.7 Å². The molecule has 1 aliphatic heterocycles. The third-order valence-corrected chi connectivity index (χ3v) is 14.0. The maximum absolute atomic E-state index is 14.0. The number of imide groups is 1. The van der Waals surface area contributed by atoms with E-state index in [-0.39, 0.29) is 89.4 Å². The van der Waals surface area contributed by atoms with Gasteiger partial charge in [-0.25, -0.2) is 4.79 Å². The first-order chi connectivity index (χ1) is 35.7. The summed E-state index contributed by atoms with van der Waals surface area (Å²) in [5, 5.41) is 17.6. The molecular weight excluding hydrogens is 1020 g/mol. The van der Waals surface area contributed by atoms with Gasteiger partial charge in [-0.05, 0) is 81.2 Å². The zero-order valence-corrected chi connectivity index (χ0v) is 51.2. The molecule has 1 aromatic carbocycles. The van der Waals surface area contributed by atoms with Crippen molar-refractivity contribution in [2.24, 2.45) is 29.6 Å². The summed E-state index contributed by atoms with van der Waals surface area (Å²) in [4.78, 5) is 97.9. The van der Waals surface area contributed by atoms with E-state index in [0.29, 0.717) is 25.8 Å². The molecule has 0 radical (unpaired) electrons. The summed E-state index contributed by atoms with van der Waals surface area (Å²) in [6, 6.07) is 7.42. The number of urea groups is 1. The van der Waals surface area contributed by atoms with E-state index in [9.17, 15) is 33.6 Å². The van der Waals surface area contributed by atoms with Crippen LogP contribution in [0.5, 0.6) is 0 Å². The molecule has 17 nitrogen and oxygen atoms in total. The number of hydrogen-bond acceptors (Lipinski definition) is 11. The molecule has 2 rings (SSSR count). The number of ether oxygens (including phenoxy) is 2. The number of rotatable bonds is 29. The van der Waals surface area contributed by atoms with Gasteiger partial charge in [0.25, 0.3) is 0 Å². The van der Waals surface area contributed by atoms with E-state index in [1.807, 2.05) is 99.4 Å². The molecule has 75 heavy (non-hydrogen) atoms. The van der Waals surface area contributed by atoms with Crippen molar-refractivity contribution in [1.29, 1.82) is 0 Å². The van der Waals surface area contributed by atoms with Gasteiger partial charge in [0.1, 0.15) is 25.2 Å². The summed E-state index contributed by atoms with van der Waals surface area (Å²) in [6.07, 6.45) is 8.51. The number of carboxylic acid groups (broad SMARTS) is 1. The van der Waals surface area contributed by atoms with Crippen molar-refractivity contribution in [3.63, 3.8) is 0 Å². The van der Waals surface area contributed by atoms with Gasteiger partial charge < -0.3 is 49.9 Å². The van der Waals surface area contributed by atoms with Gasteiger partial charge >= 0.3 is 12.0 Å². The number of hydrogen-bond donors (Lipinski definition) is 4. The Balaban J connectivity index is -0.000000612. The van der Waals surface area contributed by atoms with E-state index in [4.69, 9.17) is 19.4 Å². The SMILES string of the molecule is C=O.CC.CC.CCC(C)C(C(CC)OC)N(C)C(=O)[C@@H](NC(=O)N(C(=O)CCCCCNC(=O)CBr)C(CC)[C@@H](C)C(C)C)C(C)C.CN[C@@H](Cc1ccccc1)C(=O)O.COC(C(C)C=O)C1CCCN1C=O. The van der Waals surface area contributed by atoms with E-state index < -0.39 is 24.1 Å². The number of aliphatic carboxylic acids is 1. The molecule has 0 aromatic heterocycles. The molecule has 0 spiro atoms. The standard InChI is InChI=1S/C32H61BrN4O5.C10H17NO3.C10H13NO2.2C2H6.CH2O/c1-12-23(8)30(26(14-3)42-11)36(10)31(40)29(22(6)7)35-32(41)37(25(13-2)24(9)21(4)5)28(39)18-16-15-17-19-34-27(38)20-33;1-8(6-12)10(14-2)9-4-3-5-11(9)7-13;1-11-9(10(12)13)7-8-5-3-2-4-6-8;3*1-2/h21-26,29-30H,12-20H2,1-11H3,(H,34,38)(H,35,41);6-10H,3-5H2,1-2H3;2-6,9,11H,7H2,1H3,(H,12,13);2*1-2H3;1H2/t23?,24-,25?,26?,29-,30?;;9-;;;/m0.0.../s1. The summed E-state index contributed by atoms with van der Waals surface area (Å²) in [7, 11) is 6.71. The number of benzene rings is 1. The van der Waals surface area contributed by atoms with Crippen LogP contribution in [0.25, 0.3) is 0 Å². The Labute approximate surface area is 462 Å². The zero-order chi connectivity index (χ0) is 58.8. The largest absolute Gasteiger partial charge is 0.480 e. The first-order valence-electron chi connectivity index (χ1n) is 27.4. The van der Waals surface area contributed by atoms with Crippen LogP contribution < -0.4 is 16.0 Å². The van der Waals surface area contributed by atoms with E-state index in [0.717, 1.165) is 63.3 Å². The van der Waals surface area contributed by atoms with E-state index in [1.54, 1.807) is 38.1 Å². The number of unbranched alkanes of at least 4 members (excludes halogenated alkanes) is 2. The number of likely N-dealkylation sites (tertiary alicyclic amines) is 1. The molecular formula is C57H105BrN6O11. The van der Waals surface area contributed by atoms with Gasteiger partial charge in [-0.1, -0.05) is 156 Å². The van der Waals surface area contributed by atoms with Crippen molar-refractivity contribution in [3.05, 3.63) is 35.9 Å². The lowest BCUT2D eigenvalue weighted by molar-refractivity contribution is -0.140. The van der Waals surface area contributed by atoms with Crippen LogP contribution in [0, 0.1) is 29.6 Å². The predicted octanol–water partition coefficient (Wildman–Crippen LogP) is 9.22. The molecule has 1 aromatic rings. The highest BCUT2D eigenvalue weighted by Crippen LogP contribution is 2.27. The Morgan fingerprint density at radius 3 is 1.88 bits per heavy atom. The molecule has 436 valence electrons. The number of alkyl halides is 1. The molecule has 0 bridgehead atoms. The molecule has 0 saturated carbocycles. The maximum Gasteiger partial charge on any atom is 0.325 e. The Morgan fingerprint density at radius 2 is 1.45 bits per heavy atom. The number of carbonyl (C=O) groups is 8. The van der Waals surface area contributed by atoms with Crippen LogP contribution in [0.3, 0.4) is 0 Å². The minimum absolute atomic E-state index is 0.0646. The lowest BCUT2D eigenvalue weighted by Gasteiger charge is -2.40. The van der Waals surface area contributed by atoms with Gasteiger partial charge in [-0.3, -0.25) is 28.9 Å². The van der Waals surface area contributed by atoms with Crippen molar-refractivity contribution >= 4 is 65.1 Å². The lowest BCUT2D eigenvalue weighted by atomic mass is 9.87. The van der Waals surface area contributed by atoms with Gasteiger partial charge in [0.2, 0.25) is 24.1 Å². The Hall–Kier alpha value is -4.26. The fraction of sp³-hybridized carbons (Fsp3) is 0.754. The second-order valence-electron chi connectivity index (χ2n) is 18.9. The number of amides is 6. The molecule has 1 aliphatic rings. The third-order valence-electron chi connectivity index (χ3n) is 13.5. The van der Waals surface area contributed by atoms with Crippen LogP contribution in [0.1, 0.15) is 160 Å². The Bertz CT molecular complexity index is 1660. The fourth-order valence-corrected chi connectivity index (χ4v) is 8.98. The molecule has 0 aliphatic carbocycles. The minimum atomic E-state index is -0.814. The molecule has 7 unspecified atom stereocenters. The normalized spacial score (nSPS) is 16.1. The number of likely N-dealkylation sites (N-methyl/N-ethyl adjacent to an activating group) is 2.